The molecule has 0 bridgehead atoms. The van der Waals surface area contributed by atoms with Gasteiger partial charge in [0.1, 0.15) is 5.75 Å². The standard InChI is InChI=1S/C21H25NO3/c1-15-2-4-16(5-3-15)20(24)14-22-12-10-18(11-13-22)21(25)17-6-8-19(23)9-7-17/h2-9,18,20,23-24H,10-14H2,1H3. The van der Waals surface area contributed by atoms with Gasteiger partial charge in [-0.15, -0.1) is 0 Å². The van der Waals surface area contributed by atoms with E-state index < -0.39 is 6.10 Å². The summed E-state index contributed by atoms with van der Waals surface area (Å²) in [6.07, 6.45) is 1.12. The van der Waals surface area contributed by atoms with E-state index in [0.29, 0.717) is 12.1 Å². The number of carbonyl (C=O) groups is 1. The number of hydrogen-bond acceptors (Lipinski definition) is 4. The zero-order chi connectivity index (χ0) is 17.8. The van der Waals surface area contributed by atoms with Gasteiger partial charge >= 0.3 is 0 Å². The molecule has 1 aliphatic heterocycles. The van der Waals surface area contributed by atoms with E-state index in [9.17, 15) is 15.0 Å². The molecule has 4 heteroatoms. The maximum Gasteiger partial charge on any atom is 0.166 e. The molecule has 0 radical (unpaired) electrons. The average molecular weight is 339 g/mol. The number of phenolic OH excluding ortho intramolecular Hbond substituents is 1. The van der Waals surface area contributed by atoms with E-state index in [2.05, 4.69) is 4.90 Å². The summed E-state index contributed by atoms with van der Waals surface area (Å²) in [5.74, 6) is 0.354. The molecule has 1 unspecified atom stereocenters. The summed E-state index contributed by atoms with van der Waals surface area (Å²) in [5.41, 5.74) is 2.79. The highest BCUT2D eigenvalue weighted by Gasteiger charge is 2.26. The second kappa shape index (κ2) is 7.81. The lowest BCUT2D eigenvalue weighted by Crippen LogP contribution is -2.38. The number of β-amino-alcohol motifs (C(OH)–C–C–N with tert-alkyl or cyclic N) is 1. The van der Waals surface area contributed by atoms with Crippen molar-refractivity contribution < 1.29 is 15.0 Å². The van der Waals surface area contributed by atoms with Crippen molar-refractivity contribution in [3.63, 3.8) is 0 Å². The van der Waals surface area contributed by atoms with Crippen molar-refractivity contribution in [3.05, 3.63) is 65.2 Å². The molecule has 1 atom stereocenters. The fourth-order valence-electron chi connectivity index (χ4n) is 3.38. The number of Topliss-reactive ketones (excluding diaryl/α,β-unsaturated/α-hetero) is 1. The number of rotatable bonds is 5. The largest absolute Gasteiger partial charge is 0.508 e. The van der Waals surface area contributed by atoms with Crippen LogP contribution in [0.5, 0.6) is 5.75 Å². The third-order valence-corrected chi connectivity index (χ3v) is 5.00. The van der Waals surface area contributed by atoms with E-state index in [0.717, 1.165) is 31.5 Å². The third kappa shape index (κ3) is 4.47. The van der Waals surface area contributed by atoms with Crippen LogP contribution < -0.4 is 0 Å². The predicted octanol–water partition coefficient (Wildman–Crippen LogP) is 3.33. The van der Waals surface area contributed by atoms with Crippen molar-refractivity contribution in [2.24, 2.45) is 5.92 Å². The zero-order valence-corrected chi connectivity index (χ0v) is 14.6. The van der Waals surface area contributed by atoms with Crippen LogP contribution in [0, 0.1) is 12.8 Å². The van der Waals surface area contributed by atoms with Crippen LogP contribution in [0.25, 0.3) is 0 Å². The molecule has 0 amide bonds. The minimum atomic E-state index is -0.495. The average Bonchev–Trinajstić information content (AvgIpc) is 2.63. The van der Waals surface area contributed by atoms with Crippen molar-refractivity contribution >= 4 is 5.78 Å². The molecular formula is C21H25NO3. The maximum absolute atomic E-state index is 12.5. The molecule has 1 saturated heterocycles. The van der Waals surface area contributed by atoms with E-state index in [4.69, 9.17) is 0 Å². The number of carbonyl (C=O) groups excluding carboxylic acids is 1. The highest BCUT2D eigenvalue weighted by atomic mass is 16.3. The number of aromatic hydroxyl groups is 1. The third-order valence-electron chi connectivity index (χ3n) is 5.00. The Morgan fingerprint density at radius 3 is 2.28 bits per heavy atom. The monoisotopic (exact) mass is 339 g/mol. The molecule has 0 aromatic heterocycles. The first-order chi connectivity index (χ1) is 12.0. The van der Waals surface area contributed by atoms with Crippen molar-refractivity contribution in [1.29, 1.82) is 0 Å². The van der Waals surface area contributed by atoms with E-state index >= 15 is 0 Å². The van der Waals surface area contributed by atoms with Gasteiger partial charge in [0.15, 0.2) is 5.78 Å². The Hall–Kier alpha value is -2.17. The lowest BCUT2D eigenvalue weighted by atomic mass is 9.88. The second-order valence-electron chi connectivity index (χ2n) is 6.91. The quantitative estimate of drug-likeness (QED) is 0.820. The molecular weight excluding hydrogens is 314 g/mol. The minimum Gasteiger partial charge on any atom is -0.508 e. The number of piperidine rings is 1. The smallest absolute Gasteiger partial charge is 0.166 e. The number of aliphatic hydroxyl groups excluding tert-OH is 1. The van der Waals surface area contributed by atoms with Crippen molar-refractivity contribution in [2.45, 2.75) is 25.9 Å². The van der Waals surface area contributed by atoms with Crippen LogP contribution >= 0.6 is 0 Å². The maximum atomic E-state index is 12.5. The summed E-state index contributed by atoms with van der Waals surface area (Å²) < 4.78 is 0. The Bertz CT molecular complexity index is 701. The fraction of sp³-hybridized carbons (Fsp3) is 0.381. The number of aliphatic hydroxyl groups is 1. The Balaban J connectivity index is 1.52. The van der Waals surface area contributed by atoms with Crippen molar-refractivity contribution in [2.75, 3.05) is 19.6 Å². The molecule has 1 fully saturated rings. The highest BCUT2D eigenvalue weighted by Crippen LogP contribution is 2.24. The SMILES string of the molecule is Cc1ccc(C(O)CN2CCC(C(=O)c3ccc(O)cc3)CC2)cc1. The summed E-state index contributed by atoms with van der Waals surface area (Å²) in [5, 5.41) is 19.7. The van der Waals surface area contributed by atoms with Crippen LogP contribution in [0.4, 0.5) is 0 Å². The van der Waals surface area contributed by atoms with Crippen LogP contribution in [-0.4, -0.2) is 40.5 Å². The molecule has 1 heterocycles. The molecule has 2 aromatic carbocycles. The van der Waals surface area contributed by atoms with Gasteiger partial charge in [0.05, 0.1) is 6.10 Å². The predicted molar refractivity (Wildman–Crippen MR) is 97.7 cm³/mol. The van der Waals surface area contributed by atoms with Crippen molar-refractivity contribution in [1.82, 2.24) is 4.90 Å². The molecule has 4 nitrogen and oxygen atoms in total. The van der Waals surface area contributed by atoms with E-state index in [-0.39, 0.29) is 17.5 Å². The number of phenols is 1. The first-order valence-corrected chi connectivity index (χ1v) is 8.83. The van der Waals surface area contributed by atoms with Gasteiger partial charge in [-0.05, 0) is 62.7 Å². The Kier molecular flexibility index (Phi) is 5.51. The van der Waals surface area contributed by atoms with Gasteiger partial charge < -0.3 is 15.1 Å². The topological polar surface area (TPSA) is 60.8 Å². The summed E-state index contributed by atoms with van der Waals surface area (Å²) in [6.45, 7) is 4.27. The first kappa shape index (κ1) is 17.6. The Labute approximate surface area is 148 Å². The molecule has 0 saturated carbocycles. The van der Waals surface area contributed by atoms with Crippen LogP contribution in [0.1, 0.15) is 40.4 Å². The molecule has 132 valence electrons. The molecule has 3 rings (SSSR count). The molecule has 2 aromatic rings. The van der Waals surface area contributed by atoms with Gasteiger partial charge in [-0.25, -0.2) is 0 Å². The Morgan fingerprint density at radius 2 is 1.68 bits per heavy atom. The molecule has 1 aliphatic rings. The number of benzene rings is 2. The van der Waals surface area contributed by atoms with Gasteiger partial charge in [-0.1, -0.05) is 29.8 Å². The van der Waals surface area contributed by atoms with E-state index in [1.54, 1.807) is 24.3 Å². The molecule has 2 N–H and O–H groups in total. The molecule has 25 heavy (non-hydrogen) atoms. The van der Waals surface area contributed by atoms with Crippen LogP contribution in [0.3, 0.4) is 0 Å². The van der Waals surface area contributed by atoms with Gasteiger partial charge in [-0.2, -0.15) is 0 Å². The van der Waals surface area contributed by atoms with Gasteiger partial charge in [0.2, 0.25) is 0 Å². The normalized spacial score (nSPS) is 17.4. The summed E-state index contributed by atoms with van der Waals surface area (Å²) in [7, 11) is 0. The van der Waals surface area contributed by atoms with Gasteiger partial charge in [0, 0.05) is 18.0 Å². The number of hydrogen-bond donors (Lipinski definition) is 2. The lowest BCUT2D eigenvalue weighted by Gasteiger charge is -2.32. The number of ketones is 1. The number of likely N-dealkylation sites (tertiary alicyclic amines) is 1. The van der Waals surface area contributed by atoms with Crippen molar-refractivity contribution in [3.8, 4) is 5.75 Å². The first-order valence-electron chi connectivity index (χ1n) is 8.83. The fourth-order valence-corrected chi connectivity index (χ4v) is 3.38. The van der Waals surface area contributed by atoms with Crippen LogP contribution in [0.15, 0.2) is 48.5 Å². The van der Waals surface area contributed by atoms with Crippen LogP contribution in [0.2, 0.25) is 0 Å². The number of aryl methyl sites for hydroxylation is 1. The zero-order valence-electron chi connectivity index (χ0n) is 14.6. The van der Waals surface area contributed by atoms with Gasteiger partial charge in [-0.3, -0.25) is 4.79 Å². The van der Waals surface area contributed by atoms with E-state index in [1.165, 1.54) is 5.56 Å². The minimum absolute atomic E-state index is 0.0253. The second-order valence-corrected chi connectivity index (χ2v) is 6.91. The highest BCUT2D eigenvalue weighted by molar-refractivity contribution is 5.98. The summed E-state index contributed by atoms with van der Waals surface area (Å²) in [4.78, 5) is 14.8. The van der Waals surface area contributed by atoms with E-state index in [1.807, 2.05) is 31.2 Å². The summed E-state index contributed by atoms with van der Waals surface area (Å²) >= 11 is 0. The van der Waals surface area contributed by atoms with Gasteiger partial charge in [0.25, 0.3) is 0 Å². The molecule has 0 aliphatic carbocycles. The molecule has 0 spiro atoms. The van der Waals surface area contributed by atoms with Crippen LogP contribution in [-0.2, 0) is 0 Å². The lowest BCUT2D eigenvalue weighted by molar-refractivity contribution is 0.0727. The Morgan fingerprint density at radius 1 is 1.08 bits per heavy atom. The number of nitrogens with zero attached hydrogens (tertiary/aromatic N) is 1. The summed E-state index contributed by atoms with van der Waals surface area (Å²) in [6, 6.07) is 14.5.